The lowest BCUT2D eigenvalue weighted by Crippen LogP contribution is -2.47. The van der Waals surface area contributed by atoms with Gasteiger partial charge >= 0.3 is 0 Å². The van der Waals surface area contributed by atoms with Crippen molar-refractivity contribution in [3.8, 4) is 0 Å². The van der Waals surface area contributed by atoms with Crippen molar-refractivity contribution in [2.75, 3.05) is 26.3 Å². The topological polar surface area (TPSA) is 92.9 Å². The van der Waals surface area contributed by atoms with Crippen LogP contribution in [0.3, 0.4) is 0 Å². The van der Waals surface area contributed by atoms with Gasteiger partial charge in [0.25, 0.3) is 11.7 Å². The summed E-state index contributed by atoms with van der Waals surface area (Å²) < 4.78 is 6.89. The Morgan fingerprint density at radius 3 is 3.05 bits per heavy atom. The molecule has 1 fully saturated rings. The second-order valence-corrected chi connectivity index (χ2v) is 5.11. The highest BCUT2D eigenvalue weighted by Gasteiger charge is 2.27. The monoisotopic (exact) mass is 291 g/mol. The van der Waals surface area contributed by atoms with Crippen LogP contribution in [0.15, 0.2) is 6.07 Å². The Morgan fingerprint density at radius 1 is 1.48 bits per heavy atom. The van der Waals surface area contributed by atoms with Crippen LogP contribution in [0.25, 0.3) is 5.78 Å². The zero-order chi connectivity index (χ0) is 15.0. The number of amides is 1. The number of rotatable bonds is 2. The average Bonchev–Trinajstić information content (AvgIpc) is 2.90. The Hall–Kier alpha value is -2.06. The Labute approximate surface area is 121 Å². The standard InChI is InChI=1S/C13H17N5O3/c1-8-5-9(2)18-13(14-8)15-11(16-18)12(20)17-3-4-21-10(6-17)7-19/h5,10,19H,3-4,6-7H2,1-2H3. The van der Waals surface area contributed by atoms with Crippen LogP contribution in [0, 0.1) is 13.8 Å². The molecule has 0 aliphatic carbocycles. The van der Waals surface area contributed by atoms with Gasteiger partial charge in [-0.25, -0.2) is 9.50 Å². The number of ether oxygens (including phenoxy) is 1. The van der Waals surface area contributed by atoms with E-state index in [0.717, 1.165) is 11.4 Å². The average molecular weight is 291 g/mol. The van der Waals surface area contributed by atoms with Gasteiger partial charge in [-0.1, -0.05) is 0 Å². The minimum atomic E-state index is -0.346. The molecule has 1 aliphatic heterocycles. The largest absolute Gasteiger partial charge is 0.394 e. The van der Waals surface area contributed by atoms with Gasteiger partial charge in [-0.15, -0.1) is 5.10 Å². The van der Waals surface area contributed by atoms with Crippen LogP contribution in [-0.2, 0) is 4.74 Å². The summed E-state index contributed by atoms with van der Waals surface area (Å²) in [6.45, 7) is 4.87. The van der Waals surface area contributed by atoms with Gasteiger partial charge in [-0.05, 0) is 19.9 Å². The highest BCUT2D eigenvalue weighted by atomic mass is 16.5. The van der Waals surface area contributed by atoms with E-state index >= 15 is 0 Å². The molecule has 2 aromatic heterocycles. The van der Waals surface area contributed by atoms with E-state index in [1.807, 2.05) is 19.9 Å². The predicted molar refractivity (Wildman–Crippen MR) is 73.0 cm³/mol. The van der Waals surface area contributed by atoms with E-state index in [2.05, 4.69) is 15.1 Å². The normalized spacial score (nSPS) is 19.2. The van der Waals surface area contributed by atoms with E-state index in [1.165, 1.54) is 0 Å². The zero-order valence-electron chi connectivity index (χ0n) is 12.0. The molecular formula is C13H17N5O3. The number of fused-ring (bicyclic) bond motifs is 1. The Morgan fingerprint density at radius 2 is 2.29 bits per heavy atom. The van der Waals surface area contributed by atoms with Crippen LogP contribution in [0.4, 0.5) is 0 Å². The molecule has 1 atom stereocenters. The molecule has 1 saturated heterocycles. The molecular weight excluding hydrogens is 274 g/mol. The lowest BCUT2D eigenvalue weighted by molar-refractivity contribution is -0.0450. The maximum Gasteiger partial charge on any atom is 0.293 e. The van der Waals surface area contributed by atoms with E-state index < -0.39 is 0 Å². The Kier molecular flexibility index (Phi) is 3.56. The van der Waals surface area contributed by atoms with Crippen LogP contribution >= 0.6 is 0 Å². The molecule has 3 heterocycles. The third-order valence-corrected chi connectivity index (χ3v) is 3.44. The first kappa shape index (κ1) is 13.9. The van der Waals surface area contributed by atoms with E-state index in [9.17, 15) is 4.79 Å². The van der Waals surface area contributed by atoms with Crippen molar-refractivity contribution in [3.63, 3.8) is 0 Å². The van der Waals surface area contributed by atoms with E-state index in [0.29, 0.717) is 25.5 Å². The third-order valence-electron chi connectivity index (χ3n) is 3.44. The summed E-state index contributed by atoms with van der Waals surface area (Å²) in [6, 6.07) is 1.88. The molecule has 2 aromatic rings. The summed E-state index contributed by atoms with van der Waals surface area (Å²) in [7, 11) is 0. The van der Waals surface area contributed by atoms with Crippen molar-refractivity contribution in [3.05, 3.63) is 23.3 Å². The van der Waals surface area contributed by atoms with Crippen molar-refractivity contribution >= 4 is 11.7 Å². The van der Waals surface area contributed by atoms with Gasteiger partial charge in [0.1, 0.15) is 0 Å². The molecule has 8 nitrogen and oxygen atoms in total. The highest BCUT2D eigenvalue weighted by Crippen LogP contribution is 2.10. The minimum Gasteiger partial charge on any atom is -0.394 e. The molecule has 1 unspecified atom stereocenters. The SMILES string of the molecule is Cc1cc(C)n2nc(C(=O)N3CCOC(CO)C3)nc2n1. The lowest BCUT2D eigenvalue weighted by Gasteiger charge is -2.31. The summed E-state index contributed by atoms with van der Waals surface area (Å²) in [4.78, 5) is 22.5. The minimum absolute atomic E-state index is 0.109. The zero-order valence-corrected chi connectivity index (χ0v) is 12.0. The molecule has 0 bridgehead atoms. The third kappa shape index (κ3) is 2.59. The van der Waals surface area contributed by atoms with Crippen molar-refractivity contribution in [2.24, 2.45) is 0 Å². The van der Waals surface area contributed by atoms with Gasteiger partial charge in [0, 0.05) is 24.5 Å². The van der Waals surface area contributed by atoms with E-state index in [4.69, 9.17) is 9.84 Å². The van der Waals surface area contributed by atoms with Crippen molar-refractivity contribution < 1.29 is 14.6 Å². The van der Waals surface area contributed by atoms with Crippen LogP contribution in [0.5, 0.6) is 0 Å². The molecule has 0 spiro atoms. The maximum atomic E-state index is 12.4. The summed E-state index contributed by atoms with van der Waals surface area (Å²) in [5.74, 6) is 0.275. The molecule has 0 saturated carbocycles. The quantitative estimate of drug-likeness (QED) is 0.807. The summed E-state index contributed by atoms with van der Waals surface area (Å²) >= 11 is 0. The molecule has 0 radical (unpaired) electrons. The Bertz CT molecular complexity index is 684. The number of aliphatic hydroxyl groups excluding tert-OH is 1. The van der Waals surface area contributed by atoms with Gasteiger partial charge in [0.2, 0.25) is 5.82 Å². The van der Waals surface area contributed by atoms with Gasteiger partial charge in [-0.2, -0.15) is 4.98 Å². The molecule has 1 aliphatic rings. The number of aryl methyl sites for hydroxylation is 2. The number of aromatic nitrogens is 4. The first-order chi connectivity index (χ1) is 10.1. The second kappa shape index (κ2) is 5.38. The fourth-order valence-electron chi connectivity index (χ4n) is 2.41. The molecule has 21 heavy (non-hydrogen) atoms. The number of nitrogens with zero attached hydrogens (tertiary/aromatic N) is 5. The number of carbonyl (C=O) groups is 1. The maximum absolute atomic E-state index is 12.4. The number of morpholine rings is 1. The number of hydrogen-bond acceptors (Lipinski definition) is 6. The molecule has 0 aromatic carbocycles. The molecule has 1 amide bonds. The number of hydrogen-bond donors (Lipinski definition) is 1. The second-order valence-electron chi connectivity index (χ2n) is 5.11. The smallest absolute Gasteiger partial charge is 0.293 e. The van der Waals surface area contributed by atoms with Crippen molar-refractivity contribution in [2.45, 2.75) is 20.0 Å². The fraction of sp³-hybridized carbons (Fsp3) is 0.538. The molecule has 3 rings (SSSR count). The number of carbonyl (C=O) groups excluding carboxylic acids is 1. The highest BCUT2D eigenvalue weighted by molar-refractivity contribution is 5.91. The predicted octanol–water partition coefficient (Wildman–Crippen LogP) is -0.426. The van der Waals surface area contributed by atoms with Crippen LogP contribution in [0.2, 0.25) is 0 Å². The Balaban J connectivity index is 1.89. The first-order valence-corrected chi connectivity index (χ1v) is 6.81. The lowest BCUT2D eigenvalue weighted by atomic mass is 10.3. The van der Waals surface area contributed by atoms with Crippen molar-refractivity contribution in [1.82, 2.24) is 24.5 Å². The van der Waals surface area contributed by atoms with Gasteiger partial charge in [0.05, 0.1) is 19.3 Å². The molecule has 1 N–H and O–H groups in total. The van der Waals surface area contributed by atoms with Gasteiger partial charge in [0.15, 0.2) is 0 Å². The fourth-order valence-corrected chi connectivity index (χ4v) is 2.41. The summed E-state index contributed by atoms with van der Waals surface area (Å²) in [6.07, 6.45) is -0.346. The summed E-state index contributed by atoms with van der Waals surface area (Å²) in [5.41, 5.74) is 1.71. The number of aliphatic hydroxyl groups is 1. The van der Waals surface area contributed by atoms with E-state index in [-0.39, 0.29) is 24.4 Å². The van der Waals surface area contributed by atoms with Gasteiger partial charge in [-0.3, -0.25) is 4.79 Å². The van der Waals surface area contributed by atoms with Crippen molar-refractivity contribution in [1.29, 1.82) is 0 Å². The van der Waals surface area contributed by atoms with Crippen LogP contribution in [-0.4, -0.2) is 67.9 Å². The van der Waals surface area contributed by atoms with Gasteiger partial charge < -0.3 is 14.7 Å². The van der Waals surface area contributed by atoms with Crippen LogP contribution < -0.4 is 0 Å². The molecule has 8 heteroatoms. The van der Waals surface area contributed by atoms with Crippen LogP contribution in [0.1, 0.15) is 22.0 Å². The summed E-state index contributed by atoms with van der Waals surface area (Å²) in [5, 5.41) is 13.4. The van der Waals surface area contributed by atoms with E-state index in [1.54, 1.807) is 9.42 Å². The molecule has 112 valence electrons. The first-order valence-electron chi connectivity index (χ1n) is 6.81.